The van der Waals surface area contributed by atoms with Crippen LogP contribution in [-0.2, 0) is 13.6 Å². The Labute approximate surface area is 169 Å². The fraction of sp³-hybridized carbons (Fsp3) is 1.00. The van der Waals surface area contributed by atoms with E-state index in [1.165, 1.54) is 64.2 Å². The lowest BCUT2D eigenvalue weighted by molar-refractivity contribution is -0.890. The van der Waals surface area contributed by atoms with Crippen LogP contribution in [-0.4, -0.2) is 44.9 Å². The molecule has 5 nitrogen and oxygen atoms in total. The molecule has 0 spiro atoms. The topological polar surface area (TPSA) is 58.6 Å². The third-order valence-corrected chi connectivity index (χ3v) is 6.06. The van der Waals surface area contributed by atoms with Gasteiger partial charge in [-0.05, 0) is 19.3 Å². The highest BCUT2D eigenvalue weighted by Crippen LogP contribution is 2.38. The molecule has 0 aromatic rings. The summed E-state index contributed by atoms with van der Waals surface area (Å²) in [6.07, 6.45) is 15.7. The Balaban J connectivity index is 3.63. The maximum Gasteiger partial charge on any atom is 0.268 e. The summed E-state index contributed by atoms with van der Waals surface area (Å²) < 4.78 is 22.6. The Kier molecular flexibility index (Phi) is 17.0. The van der Waals surface area contributed by atoms with Crippen molar-refractivity contribution in [3.05, 3.63) is 0 Å². The number of unbranched alkanes of at least 4 members (excludes halogenated alkanes) is 11. The largest absolute Gasteiger partial charge is 0.756 e. The van der Waals surface area contributed by atoms with Crippen LogP contribution in [0.4, 0.5) is 0 Å². The molecule has 164 valence electrons. The highest BCUT2D eigenvalue weighted by atomic mass is 31.2. The van der Waals surface area contributed by atoms with Gasteiger partial charge in [0, 0.05) is 0 Å². The molecule has 1 atom stereocenters. The first-order valence-electron chi connectivity index (χ1n) is 11.2. The number of rotatable bonds is 20. The molecule has 0 bridgehead atoms. The van der Waals surface area contributed by atoms with Crippen LogP contribution in [0, 0.1) is 0 Å². The fourth-order valence-corrected chi connectivity index (χ4v) is 3.84. The minimum absolute atomic E-state index is 0.194. The van der Waals surface area contributed by atoms with Crippen molar-refractivity contribution >= 4 is 7.82 Å². The molecule has 0 saturated carbocycles. The van der Waals surface area contributed by atoms with E-state index >= 15 is 0 Å². The lowest BCUT2D eigenvalue weighted by atomic mass is 10.1. The van der Waals surface area contributed by atoms with Crippen LogP contribution in [0.25, 0.3) is 0 Å². The number of likely N-dealkylation sites (N-methyl/N-ethyl adjacent to an activating group) is 1. The summed E-state index contributed by atoms with van der Waals surface area (Å²) in [4.78, 5) is 11.8. The Morgan fingerprint density at radius 1 is 0.667 bits per heavy atom. The molecule has 0 heterocycles. The summed E-state index contributed by atoms with van der Waals surface area (Å²) in [5, 5.41) is 0. The first kappa shape index (κ1) is 27.1. The van der Waals surface area contributed by atoms with Gasteiger partial charge in [-0.25, -0.2) is 0 Å². The fourth-order valence-electron chi connectivity index (χ4n) is 3.10. The number of quaternary nitrogens is 1. The van der Waals surface area contributed by atoms with Gasteiger partial charge in [0.2, 0.25) is 0 Å². The van der Waals surface area contributed by atoms with Crippen LogP contribution >= 0.6 is 7.82 Å². The third kappa shape index (κ3) is 19.2. The monoisotopic (exact) mass is 407 g/mol. The van der Waals surface area contributed by atoms with Crippen molar-refractivity contribution in [3.8, 4) is 0 Å². The predicted octanol–water partition coefficient (Wildman–Crippen LogP) is 5.68. The number of nitrogens with zero attached hydrogens (tertiary/aromatic N) is 1. The van der Waals surface area contributed by atoms with Crippen molar-refractivity contribution < 1.29 is 23.0 Å². The van der Waals surface area contributed by atoms with Crippen LogP contribution in [0.2, 0.25) is 0 Å². The minimum atomic E-state index is -4.15. The summed E-state index contributed by atoms with van der Waals surface area (Å²) in [5.41, 5.74) is 0. The van der Waals surface area contributed by atoms with Crippen LogP contribution in [0.1, 0.15) is 97.3 Å². The van der Waals surface area contributed by atoms with E-state index in [1.54, 1.807) is 0 Å². The molecule has 6 heteroatoms. The average Bonchev–Trinajstić information content (AvgIpc) is 2.60. The van der Waals surface area contributed by atoms with Crippen LogP contribution < -0.4 is 4.89 Å². The summed E-state index contributed by atoms with van der Waals surface area (Å²) in [6.45, 7) is 6.60. The molecule has 0 rings (SSSR count). The standard InChI is InChI=1S/C21H46NO4P/c1-5-7-9-11-12-13-14-15-17-20-25-27(23,24)26-21-19-22(3,4)18-16-10-8-6-2/h5-21H2,1-4H3. The Morgan fingerprint density at radius 2 is 1.11 bits per heavy atom. The van der Waals surface area contributed by atoms with E-state index < -0.39 is 7.82 Å². The first-order chi connectivity index (χ1) is 12.8. The molecule has 0 aliphatic rings. The smallest absolute Gasteiger partial charge is 0.268 e. The van der Waals surface area contributed by atoms with Gasteiger partial charge in [-0.1, -0.05) is 78.1 Å². The van der Waals surface area contributed by atoms with Crippen LogP contribution in [0.15, 0.2) is 0 Å². The van der Waals surface area contributed by atoms with Gasteiger partial charge < -0.3 is 18.4 Å². The van der Waals surface area contributed by atoms with Crippen molar-refractivity contribution in [2.24, 2.45) is 0 Å². The van der Waals surface area contributed by atoms with Crippen molar-refractivity contribution in [2.45, 2.75) is 97.3 Å². The third-order valence-electron chi connectivity index (χ3n) is 5.06. The second-order valence-electron chi connectivity index (χ2n) is 8.39. The van der Waals surface area contributed by atoms with Crippen LogP contribution in [0.5, 0.6) is 0 Å². The van der Waals surface area contributed by atoms with E-state index in [9.17, 15) is 9.46 Å². The second kappa shape index (κ2) is 17.0. The summed E-state index contributed by atoms with van der Waals surface area (Å²) in [6, 6.07) is 0. The van der Waals surface area contributed by atoms with Crippen molar-refractivity contribution in [1.82, 2.24) is 0 Å². The van der Waals surface area contributed by atoms with Crippen molar-refractivity contribution in [3.63, 3.8) is 0 Å². The molecule has 0 saturated heterocycles. The number of phosphoric ester groups is 1. The molecule has 0 N–H and O–H groups in total. The molecule has 0 aliphatic carbocycles. The molecule has 0 radical (unpaired) electrons. The van der Waals surface area contributed by atoms with Gasteiger partial charge in [0.15, 0.2) is 0 Å². The predicted molar refractivity (Wildman–Crippen MR) is 113 cm³/mol. The highest BCUT2D eigenvalue weighted by Gasteiger charge is 2.17. The minimum Gasteiger partial charge on any atom is -0.756 e. The molecule has 27 heavy (non-hydrogen) atoms. The lowest BCUT2D eigenvalue weighted by Gasteiger charge is -2.31. The summed E-state index contributed by atoms with van der Waals surface area (Å²) in [5.74, 6) is 0. The Hall–Kier alpha value is 0.0700. The van der Waals surface area contributed by atoms with E-state index in [4.69, 9.17) is 9.05 Å². The quantitative estimate of drug-likeness (QED) is 0.148. The average molecular weight is 408 g/mol. The Morgan fingerprint density at radius 3 is 1.67 bits per heavy atom. The zero-order valence-electron chi connectivity index (χ0n) is 18.5. The van der Waals surface area contributed by atoms with E-state index in [0.717, 1.165) is 30.3 Å². The molecule has 1 unspecified atom stereocenters. The molecule has 0 aliphatic heterocycles. The van der Waals surface area contributed by atoms with Gasteiger partial charge in [0.1, 0.15) is 13.2 Å². The Bertz CT molecular complexity index is 377. The SMILES string of the molecule is CCCCCCCCCCCOP(=O)([O-])OCC[N+](C)(C)CCCCCC. The molecular weight excluding hydrogens is 361 g/mol. The van der Waals surface area contributed by atoms with E-state index in [-0.39, 0.29) is 13.2 Å². The lowest BCUT2D eigenvalue weighted by Crippen LogP contribution is -2.43. The van der Waals surface area contributed by atoms with E-state index in [1.807, 2.05) is 0 Å². The van der Waals surface area contributed by atoms with E-state index in [0.29, 0.717) is 6.54 Å². The summed E-state index contributed by atoms with van der Waals surface area (Å²) >= 11 is 0. The van der Waals surface area contributed by atoms with E-state index in [2.05, 4.69) is 27.9 Å². The summed E-state index contributed by atoms with van der Waals surface area (Å²) in [7, 11) is 0.0893. The van der Waals surface area contributed by atoms with Crippen LogP contribution in [0.3, 0.4) is 0 Å². The highest BCUT2D eigenvalue weighted by molar-refractivity contribution is 7.45. The zero-order chi connectivity index (χ0) is 20.4. The number of phosphoric acid groups is 1. The normalized spacial score (nSPS) is 14.4. The molecular formula is C21H46NO4P. The van der Waals surface area contributed by atoms with Crippen molar-refractivity contribution in [2.75, 3.05) is 40.4 Å². The second-order valence-corrected chi connectivity index (χ2v) is 9.80. The van der Waals surface area contributed by atoms with Gasteiger partial charge in [-0.15, -0.1) is 0 Å². The number of hydrogen-bond acceptors (Lipinski definition) is 4. The zero-order valence-corrected chi connectivity index (χ0v) is 19.4. The van der Waals surface area contributed by atoms with Crippen molar-refractivity contribution in [1.29, 1.82) is 0 Å². The maximum atomic E-state index is 11.8. The van der Waals surface area contributed by atoms with Gasteiger partial charge in [0.25, 0.3) is 7.82 Å². The molecule has 0 amide bonds. The molecule has 0 fully saturated rings. The molecule has 0 aromatic heterocycles. The van der Waals surface area contributed by atoms with Gasteiger partial charge >= 0.3 is 0 Å². The van der Waals surface area contributed by atoms with Gasteiger partial charge in [-0.3, -0.25) is 4.57 Å². The van der Waals surface area contributed by atoms with Gasteiger partial charge in [-0.2, -0.15) is 0 Å². The number of hydrogen-bond donors (Lipinski definition) is 0. The van der Waals surface area contributed by atoms with Gasteiger partial charge in [0.05, 0.1) is 27.2 Å². The molecule has 0 aromatic carbocycles. The maximum absolute atomic E-state index is 11.8. The first-order valence-corrected chi connectivity index (χ1v) is 12.7.